The van der Waals surface area contributed by atoms with Crippen LogP contribution in [-0.2, 0) is 6.54 Å². The Balaban J connectivity index is 2.07. The molecule has 2 aromatic rings. The quantitative estimate of drug-likeness (QED) is 0.666. The van der Waals surface area contributed by atoms with Crippen LogP contribution < -0.4 is 0 Å². The molecule has 0 radical (unpaired) electrons. The lowest BCUT2D eigenvalue weighted by atomic mass is 10.1. The summed E-state index contributed by atoms with van der Waals surface area (Å²) >= 11 is 5.18. The molecule has 20 heavy (non-hydrogen) atoms. The summed E-state index contributed by atoms with van der Waals surface area (Å²) in [6.07, 6.45) is 5.32. The summed E-state index contributed by atoms with van der Waals surface area (Å²) in [4.78, 5) is 7.33. The number of aromatic amines is 1. The van der Waals surface area contributed by atoms with Gasteiger partial charge in [-0.05, 0) is 24.4 Å². The van der Waals surface area contributed by atoms with Crippen molar-refractivity contribution in [2.24, 2.45) is 4.99 Å². The van der Waals surface area contributed by atoms with Crippen LogP contribution in [0.2, 0.25) is 0 Å². The molecule has 3 rings (SSSR count). The van der Waals surface area contributed by atoms with Crippen LogP contribution in [0.5, 0.6) is 5.88 Å². The van der Waals surface area contributed by atoms with Crippen molar-refractivity contribution < 1.29 is 5.11 Å². The Bertz CT molecular complexity index is 796. The summed E-state index contributed by atoms with van der Waals surface area (Å²) in [6, 6.07) is 7.87. The highest BCUT2D eigenvalue weighted by atomic mass is 32.1. The standard InChI is InChI=1S/C15H13N3OS/c1-2-7-18-14(19)13(17-15(18)20)8-10-9-16-12-6-4-3-5-11(10)12/h2-6,8-9,19H,1,7H2,(H,17,20)/b10-8+. The molecule has 1 aromatic heterocycles. The summed E-state index contributed by atoms with van der Waals surface area (Å²) < 4.78 is 2.06. The summed E-state index contributed by atoms with van der Waals surface area (Å²) in [7, 11) is 0. The maximum Gasteiger partial charge on any atom is 0.218 e. The van der Waals surface area contributed by atoms with E-state index in [2.05, 4.69) is 16.6 Å². The Morgan fingerprint density at radius 2 is 2.20 bits per heavy atom. The van der Waals surface area contributed by atoms with E-state index in [1.807, 2.05) is 30.3 Å². The molecule has 0 saturated carbocycles. The average molecular weight is 283 g/mol. The zero-order chi connectivity index (χ0) is 14.1. The van der Waals surface area contributed by atoms with Crippen molar-refractivity contribution in [3.63, 3.8) is 0 Å². The maximum atomic E-state index is 10.2. The smallest absolute Gasteiger partial charge is 0.218 e. The number of rotatable bonds is 3. The van der Waals surface area contributed by atoms with E-state index in [0.717, 1.165) is 16.8 Å². The first-order chi connectivity index (χ1) is 9.70. The number of aromatic hydroxyl groups is 1. The van der Waals surface area contributed by atoms with Crippen molar-refractivity contribution >= 4 is 35.8 Å². The molecule has 0 saturated heterocycles. The number of nitrogens with one attached hydrogen (secondary N) is 1. The van der Waals surface area contributed by atoms with E-state index in [4.69, 9.17) is 12.2 Å². The zero-order valence-electron chi connectivity index (χ0n) is 10.7. The van der Waals surface area contributed by atoms with Gasteiger partial charge in [-0.3, -0.25) is 9.56 Å². The van der Waals surface area contributed by atoms with E-state index in [-0.39, 0.29) is 5.88 Å². The molecule has 0 unspecified atom stereocenters. The largest absolute Gasteiger partial charge is 0.493 e. The molecule has 0 fully saturated rings. The Hall–Kier alpha value is -2.40. The fourth-order valence-electron chi connectivity index (χ4n) is 2.19. The second kappa shape index (κ2) is 4.94. The number of allylic oxidation sites excluding steroid dienone is 2. The predicted octanol–water partition coefficient (Wildman–Crippen LogP) is 3.69. The first-order valence-electron chi connectivity index (χ1n) is 6.18. The van der Waals surface area contributed by atoms with Crippen LogP contribution in [0.25, 0.3) is 11.6 Å². The average Bonchev–Trinajstić information content (AvgIpc) is 2.97. The molecule has 0 spiro atoms. The van der Waals surface area contributed by atoms with E-state index in [1.165, 1.54) is 0 Å². The lowest BCUT2D eigenvalue weighted by Gasteiger charge is -2.00. The molecule has 100 valence electrons. The van der Waals surface area contributed by atoms with Crippen molar-refractivity contribution in [2.45, 2.75) is 6.54 Å². The number of aliphatic imine (C=N–C) groups is 1. The molecule has 2 N–H and O–H groups in total. The highest BCUT2D eigenvalue weighted by molar-refractivity contribution is 7.71. The van der Waals surface area contributed by atoms with Gasteiger partial charge >= 0.3 is 0 Å². The minimum atomic E-state index is 0.111. The second-order valence-corrected chi connectivity index (χ2v) is 4.83. The van der Waals surface area contributed by atoms with Gasteiger partial charge in [0.1, 0.15) is 5.69 Å². The Kier molecular flexibility index (Phi) is 3.12. The number of benzene rings is 1. The topological polar surface area (TPSA) is 53.3 Å². The molecule has 1 aromatic carbocycles. The minimum absolute atomic E-state index is 0.111. The van der Waals surface area contributed by atoms with Crippen LogP contribution in [0.4, 0.5) is 5.69 Å². The molecular formula is C15H13N3OS. The van der Waals surface area contributed by atoms with Gasteiger partial charge in [0, 0.05) is 23.9 Å². The zero-order valence-corrected chi connectivity index (χ0v) is 11.5. The normalized spacial score (nSPS) is 14.7. The van der Waals surface area contributed by atoms with Gasteiger partial charge in [0.25, 0.3) is 0 Å². The molecule has 5 heteroatoms. The number of fused-ring (bicyclic) bond motifs is 1. The third-order valence-corrected chi connectivity index (χ3v) is 3.48. The van der Waals surface area contributed by atoms with Crippen LogP contribution in [0, 0.1) is 4.77 Å². The van der Waals surface area contributed by atoms with Gasteiger partial charge in [-0.2, -0.15) is 0 Å². The van der Waals surface area contributed by atoms with Crippen molar-refractivity contribution in [3.05, 3.63) is 52.9 Å². The minimum Gasteiger partial charge on any atom is -0.493 e. The third-order valence-electron chi connectivity index (χ3n) is 3.15. The number of para-hydroxylation sites is 1. The van der Waals surface area contributed by atoms with E-state index in [0.29, 0.717) is 17.0 Å². The number of aromatic nitrogens is 2. The van der Waals surface area contributed by atoms with Gasteiger partial charge < -0.3 is 10.1 Å². The summed E-state index contributed by atoms with van der Waals surface area (Å²) in [6.45, 7) is 4.12. The monoisotopic (exact) mass is 283 g/mol. The first-order valence-corrected chi connectivity index (χ1v) is 6.59. The maximum absolute atomic E-state index is 10.2. The van der Waals surface area contributed by atoms with Crippen LogP contribution >= 0.6 is 12.2 Å². The van der Waals surface area contributed by atoms with Crippen molar-refractivity contribution in [1.29, 1.82) is 0 Å². The summed E-state index contributed by atoms with van der Waals surface area (Å²) in [5.41, 5.74) is 3.50. The molecule has 1 aliphatic rings. The Morgan fingerprint density at radius 1 is 1.40 bits per heavy atom. The Labute approximate surface area is 121 Å². The molecule has 0 atom stereocenters. The molecular weight excluding hydrogens is 270 g/mol. The SMILES string of the molecule is C=CCn1c(O)c(/C=C2\C=Nc3ccccc32)[nH]c1=S. The van der Waals surface area contributed by atoms with Gasteiger partial charge in [0.05, 0.1) is 5.69 Å². The Morgan fingerprint density at radius 3 is 3.00 bits per heavy atom. The molecule has 4 nitrogen and oxygen atoms in total. The fourth-order valence-corrected chi connectivity index (χ4v) is 2.46. The molecule has 2 heterocycles. The van der Waals surface area contributed by atoms with E-state index >= 15 is 0 Å². The fraction of sp³-hybridized carbons (Fsp3) is 0.0667. The molecule has 0 amide bonds. The highest BCUT2D eigenvalue weighted by Crippen LogP contribution is 2.33. The lowest BCUT2D eigenvalue weighted by Crippen LogP contribution is -1.93. The lowest BCUT2D eigenvalue weighted by molar-refractivity contribution is 0.424. The van der Waals surface area contributed by atoms with Gasteiger partial charge in [-0.1, -0.05) is 24.3 Å². The molecule has 0 bridgehead atoms. The number of imidazole rings is 1. The number of H-pyrrole nitrogens is 1. The number of hydrogen-bond acceptors (Lipinski definition) is 3. The van der Waals surface area contributed by atoms with Crippen LogP contribution in [0.3, 0.4) is 0 Å². The number of nitrogens with zero attached hydrogens (tertiary/aromatic N) is 2. The van der Waals surface area contributed by atoms with E-state index < -0.39 is 0 Å². The summed E-state index contributed by atoms with van der Waals surface area (Å²) in [5.74, 6) is 0.111. The van der Waals surface area contributed by atoms with Crippen LogP contribution in [-0.4, -0.2) is 20.9 Å². The van der Waals surface area contributed by atoms with Crippen LogP contribution in [0.1, 0.15) is 11.3 Å². The van der Waals surface area contributed by atoms with E-state index in [9.17, 15) is 5.11 Å². The van der Waals surface area contributed by atoms with Crippen molar-refractivity contribution in [3.8, 4) is 5.88 Å². The van der Waals surface area contributed by atoms with E-state index in [1.54, 1.807) is 16.9 Å². The van der Waals surface area contributed by atoms with Crippen molar-refractivity contribution in [2.75, 3.05) is 0 Å². The summed E-state index contributed by atoms with van der Waals surface area (Å²) in [5, 5.41) is 10.2. The molecule has 1 aliphatic heterocycles. The van der Waals surface area contributed by atoms with Gasteiger partial charge in [-0.25, -0.2) is 0 Å². The van der Waals surface area contributed by atoms with Gasteiger partial charge in [0.2, 0.25) is 5.88 Å². The second-order valence-electron chi connectivity index (χ2n) is 4.44. The molecule has 0 aliphatic carbocycles. The number of hydrogen-bond donors (Lipinski definition) is 2. The van der Waals surface area contributed by atoms with Crippen molar-refractivity contribution in [1.82, 2.24) is 9.55 Å². The highest BCUT2D eigenvalue weighted by Gasteiger charge is 2.14. The predicted molar refractivity (Wildman–Crippen MR) is 83.9 cm³/mol. The van der Waals surface area contributed by atoms with Crippen LogP contribution in [0.15, 0.2) is 41.9 Å². The first kappa shape index (κ1) is 12.6. The van der Waals surface area contributed by atoms with Gasteiger partial charge in [0.15, 0.2) is 4.77 Å². The van der Waals surface area contributed by atoms with Gasteiger partial charge in [-0.15, -0.1) is 6.58 Å². The third kappa shape index (κ3) is 2.02.